The molecule has 0 spiro atoms. The minimum Gasteiger partial charge on any atom is -0.496 e. The maximum absolute atomic E-state index is 6.36. The molecule has 4 nitrogen and oxygen atoms in total. The second-order valence-electron chi connectivity index (χ2n) is 4.95. The second kappa shape index (κ2) is 6.57. The van der Waals surface area contributed by atoms with Crippen molar-refractivity contribution in [3.8, 4) is 5.75 Å². The van der Waals surface area contributed by atoms with Crippen LogP contribution < -0.4 is 10.5 Å². The molecular weight excluding hydrogens is 262 g/mol. The summed E-state index contributed by atoms with van der Waals surface area (Å²) in [6.07, 6.45) is 0. The van der Waals surface area contributed by atoms with Crippen LogP contribution in [-0.2, 0) is 0 Å². The average molecular weight is 284 g/mol. The van der Waals surface area contributed by atoms with E-state index in [4.69, 9.17) is 22.1 Å². The molecule has 19 heavy (non-hydrogen) atoms. The number of rotatable bonds is 4. The molecule has 1 aliphatic rings. The van der Waals surface area contributed by atoms with Crippen molar-refractivity contribution >= 4 is 11.6 Å². The first-order chi connectivity index (χ1) is 9.17. The molecule has 106 valence electrons. The lowest BCUT2D eigenvalue weighted by Crippen LogP contribution is -2.47. The molecule has 1 saturated heterocycles. The van der Waals surface area contributed by atoms with Crippen molar-refractivity contribution in [3.05, 3.63) is 28.8 Å². The number of hydrogen-bond donors (Lipinski definition) is 1. The topological polar surface area (TPSA) is 41.7 Å². The van der Waals surface area contributed by atoms with E-state index in [0.29, 0.717) is 6.54 Å². The van der Waals surface area contributed by atoms with E-state index < -0.39 is 0 Å². The Morgan fingerprint density at radius 1 is 1.32 bits per heavy atom. The number of nitrogens with two attached hydrogens (primary N) is 1. The number of halogens is 1. The monoisotopic (exact) mass is 283 g/mol. The lowest BCUT2D eigenvalue weighted by molar-refractivity contribution is 0.113. The minimum absolute atomic E-state index is 0.123. The van der Waals surface area contributed by atoms with Gasteiger partial charge >= 0.3 is 0 Å². The molecule has 0 radical (unpaired) electrons. The van der Waals surface area contributed by atoms with E-state index in [1.54, 1.807) is 7.11 Å². The Kier molecular flexibility index (Phi) is 5.05. The largest absolute Gasteiger partial charge is 0.496 e. The van der Waals surface area contributed by atoms with Crippen molar-refractivity contribution in [1.82, 2.24) is 9.80 Å². The van der Waals surface area contributed by atoms with Crippen LogP contribution in [0.4, 0.5) is 0 Å². The normalized spacial score (nSPS) is 19.4. The zero-order valence-electron chi connectivity index (χ0n) is 11.6. The summed E-state index contributed by atoms with van der Waals surface area (Å²) in [6.45, 7) is 4.68. The van der Waals surface area contributed by atoms with Crippen molar-refractivity contribution in [2.45, 2.75) is 6.04 Å². The van der Waals surface area contributed by atoms with Crippen LogP contribution >= 0.6 is 11.6 Å². The summed E-state index contributed by atoms with van der Waals surface area (Å²) in [5.41, 5.74) is 7.01. The summed E-state index contributed by atoms with van der Waals surface area (Å²) in [5, 5.41) is 0.730. The highest BCUT2D eigenvalue weighted by atomic mass is 35.5. The van der Waals surface area contributed by atoms with Crippen LogP contribution in [0.25, 0.3) is 0 Å². The molecule has 0 saturated carbocycles. The molecule has 0 bridgehead atoms. The van der Waals surface area contributed by atoms with Gasteiger partial charge in [-0.2, -0.15) is 0 Å². The van der Waals surface area contributed by atoms with Gasteiger partial charge in [0.25, 0.3) is 0 Å². The Labute approximate surface area is 120 Å². The lowest BCUT2D eigenvalue weighted by Gasteiger charge is -2.38. The van der Waals surface area contributed by atoms with Crippen LogP contribution in [0.5, 0.6) is 5.75 Å². The maximum atomic E-state index is 6.36. The third kappa shape index (κ3) is 3.20. The molecule has 1 fully saturated rings. The zero-order valence-corrected chi connectivity index (χ0v) is 12.4. The number of likely N-dealkylation sites (N-methyl/N-ethyl adjacent to an activating group) is 1. The van der Waals surface area contributed by atoms with E-state index in [-0.39, 0.29) is 6.04 Å². The molecular formula is C14H22ClN3O. The molecule has 0 aliphatic carbocycles. The quantitative estimate of drug-likeness (QED) is 0.911. The highest BCUT2D eigenvalue weighted by Gasteiger charge is 2.26. The summed E-state index contributed by atoms with van der Waals surface area (Å²) < 4.78 is 5.44. The van der Waals surface area contributed by atoms with Crippen molar-refractivity contribution < 1.29 is 4.74 Å². The molecule has 1 heterocycles. The predicted molar refractivity (Wildman–Crippen MR) is 78.9 cm³/mol. The van der Waals surface area contributed by atoms with Gasteiger partial charge in [-0.1, -0.05) is 17.7 Å². The second-order valence-corrected chi connectivity index (χ2v) is 5.35. The van der Waals surface area contributed by atoms with E-state index in [2.05, 4.69) is 16.8 Å². The summed E-state index contributed by atoms with van der Waals surface area (Å²) in [6, 6.07) is 5.87. The fourth-order valence-corrected chi connectivity index (χ4v) is 2.89. The van der Waals surface area contributed by atoms with Crippen LogP contribution in [-0.4, -0.2) is 56.7 Å². The predicted octanol–water partition coefficient (Wildman–Crippen LogP) is 1.60. The summed E-state index contributed by atoms with van der Waals surface area (Å²) >= 11 is 6.36. The van der Waals surface area contributed by atoms with Crippen LogP contribution in [0.15, 0.2) is 18.2 Å². The SMILES string of the molecule is COc1cccc(Cl)c1C(CN)N1CCN(C)CC1. The average Bonchev–Trinajstić information content (AvgIpc) is 2.43. The van der Waals surface area contributed by atoms with Crippen LogP contribution in [0.2, 0.25) is 5.02 Å². The summed E-state index contributed by atoms with van der Waals surface area (Å²) in [4.78, 5) is 4.72. The zero-order chi connectivity index (χ0) is 13.8. The van der Waals surface area contributed by atoms with E-state index in [1.807, 2.05) is 18.2 Å². The molecule has 2 N–H and O–H groups in total. The fourth-order valence-electron chi connectivity index (χ4n) is 2.60. The maximum Gasteiger partial charge on any atom is 0.125 e. The third-order valence-electron chi connectivity index (χ3n) is 3.77. The van der Waals surface area contributed by atoms with Gasteiger partial charge in [-0.3, -0.25) is 4.90 Å². The van der Waals surface area contributed by atoms with Gasteiger partial charge in [-0.15, -0.1) is 0 Å². The van der Waals surface area contributed by atoms with Crippen LogP contribution in [0.3, 0.4) is 0 Å². The first-order valence-corrected chi connectivity index (χ1v) is 7.00. The van der Waals surface area contributed by atoms with Crippen molar-refractivity contribution in [3.63, 3.8) is 0 Å². The Morgan fingerprint density at radius 3 is 2.58 bits per heavy atom. The highest BCUT2D eigenvalue weighted by Crippen LogP contribution is 2.35. The minimum atomic E-state index is 0.123. The number of piperazine rings is 1. The Hall–Kier alpha value is -0.810. The van der Waals surface area contributed by atoms with Crippen molar-refractivity contribution in [2.24, 2.45) is 5.73 Å². The molecule has 1 aliphatic heterocycles. The van der Waals surface area contributed by atoms with Crippen LogP contribution in [0, 0.1) is 0 Å². The Bertz CT molecular complexity index is 419. The van der Waals surface area contributed by atoms with E-state index in [1.165, 1.54) is 0 Å². The molecule has 1 aromatic rings. The molecule has 2 rings (SSSR count). The number of nitrogens with zero attached hydrogens (tertiary/aromatic N) is 2. The summed E-state index contributed by atoms with van der Waals surface area (Å²) in [7, 11) is 3.82. The standard InChI is InChI=1S/C14H22ClN3O/c1-17-6-8-18(9-7-17)12(10-16)14-11(15)4-3-5-13(14)19-2/h3-5,12H,6-10,16H2,1-2H3. The van der Waals surface area contributed by atoms with Gasteiger partial charge in [0.05, 0.1) is 13.2 Å². The Morgan fingerprint density at radius 2 is 2.00 bits per heavy atom. The molecule has 1 aromatic carbocycles. The van der Waals surface area contributed by atoms with Crippen molar-refractivity contribution in [1.29, 1.82) is 0 Å². The molecule has 0 amide bonds. The van der Waals surface area contributed by atoms with Gasteiger partial charge in [0.1, 0.15) is 5.75 Å². The first-order valence-electron chi connectivity index (χ1n) is 6.62. The van der Waals surface area contributed by atoms with Gasteiger partial charge in [0.2, 0.25) is 0 Å². The van der Waals surface area contributed by atoms with E-state index >= 15 is 0 Å². The van der Waals surface area contributed by atoms with Gasteiger partial charge < -0.3 is 15.4 Å². The number of ether oxygens (including phenoxy) is 1. The smallest absolute Gasteiger partial charge is 0.125 e. The molecule has 0 aromatic heterocycles. The van der Waals surface area contributed by atoms with E-state index in [9.17, 15) is 0 Å². The highest BCUT2D eigenvalue weighted by molar-refractivity contribution is 6.31. The summed E-state index contributed by atoms with van der Waals surface area (Å²) in [5.74, 6) is 0.821. The molecule has 5 heteroatoms. The fraction of sp³-hybridized carbons (Fsp3) is 0.571. The van der Waals surface area contributed by atoms with E-state index in [0.717, 1.165) is 42.5 Å². The third-order valence-corrected chi connectivity index (χ3v) is 4.10. The van der Waals surface area contributed by atoms with Crippen LogP contribution in [0.1, 0.15) is 11.6 Å². The number of methoxy groups -OCH3 is 1. The van der Waals surface area contributed by atoms with Crippen molar-refractivity contribution in [2.75, 3.05) is 46.9 Å². The van der Waals surface area contributed by atoms with Gasteiger partial charge in [-0.05, 0) is 19.2 Å². The van der Waals surface area contributed by atoms with Gasteiger partial charge in [0, 0.05) is 43.3 Å². The number of hydrogen-bond acceptors (Lipinski definition) is 4. The number of benzene rings is 1. The molecule has 1 unspecified atom stereocenters. The first kappa shape index (κ1) is 14.6. The lowest BCUT2D eigenvalue weighted by atomic mass is 10.0. The Balaban J connectivity index is 2.26. The van der Waals surface area contributed by atoms with Gasteiger partial charge in [-0.25, -0.2) is 0 Å². The van der Waals surface area contributed by atoms with Gasteiger partial charge in [0.15, 0.2) is 0 Å². The molecule has 1 atom stereocenters.